The molecule has 0 aromatic heterocycles. The number of phenolic OH excluding ortho intramolecular Hbond substituents is 1. The predicted molar refractivity (Wildman–Crippen MR) is 77.7 cm³/mol. The van der Waals surface area contributed by atoms with Crippen molar-refractivity contribution in [3.8, 4) is 17.6 Å². The number of ether oxygens (including phenoxy) is 1. The number of nitriles is 1. The summed E-state index contributed by atoms with van der Waals surface area (Å²) in [5, 5.41) is 18.7. The average Bonchev–Trinajstić information content (AvgIpc) is 2.47. The van der Waals surface area contributed by atoms with Crippen molar-refractivity contribution in [2.45, 2.75) is 6.92 Å². The van der Waals surface area contributed by atoms with E-state index in [1.807, 2.05) is 6.92 Å². The van der Waals surface area contributed by atoms with Crippen molar-refractivity contribution in [2.24, 2.45) is 4.99 Å². The molecule has 0 amide bonds. The van der Waals surface area contributed by atoms with Gasteiger partial charge in [0.2, 0.25) is 0 Å². The molecule has 0 aliphatic heterocycles. The topological polar surface area (TPSA) is 65.6 Å². The Morgan fingerprint density at radius 1 is 1.30 bits per heavy atom. The molecule has 0 saturated carbocycles. The van der Waals surface area contributed by atoms with Gasteiger partial charge in [0.15, 0.2) is 0 Å². The smallest absolute Gasteiger partial charge is 0.128 e. The molecule has 0 spiro atoms. The van der Waals surface area contributed by atoms with E-state index in [9.17, 15) is 5.11 Å². The maximum absolute atomic E-state index is 9.87. The summed E-state index contributed by atoms with van der Waals surface area (Å²) in [7, 11) is 0. The lowest BCUT2D eigenvalue weighted by molar-refractivity contribution is 0.337. The second-order valence-electron chi connectivity index (χ2n) is 4.07. The van der Waals surface area contributed by atoms with Gasteiger partial charge in [0.25, 0.3) is 0 Å². The van der Waals surface area contributed by atoms with Crippen molar-refractivity contribution >= 4 is 11.9 Å². The summed E-state index contributed by atoms with van der Waals surface area (Å²) >= 11 is 0. The number of nitrogens with zero attached hydrogens (tertiary/aromatic N) is 2. The Hall–Kier alpha value is -2.80. The quantitative estimate of drug-likeness (QED) is 0.862. The molecule has 4 nitrogen and oxygen atoms in total. The minimum absolute atomic E-state index is 0.108. The van der Waals surface area contributed by atoms with Gasteiger partial charge in [-0.3, -0.25) is 4.99 Å². The van der Waals surface area contributed by atoms with Gasteiger partial charge in [-0.05, 0) is 37.3 Å². The van der Waals surface area contributed by atoms with Crippen LogP contribution in [0.15, 0.2) is 47.5 Å². The first-order valence-corrected chi connectivity index (χ1v) is 6.23. The minimum Gasteiger partial charge on any atom is -0.507 e. The van der Waals surface area contributed by atoms with Crippen LogP contribution >= 0.6 is 0 Å². The molecular formula is C16H14N2O2. The number of rotatable bonds is 4. The van der Waals surface area contributed by atoms with Crippen LogP contribution in [0.3, 0.4) is 0 Å². The third kappa shape index (κ3) is 3.36. The number of hydrogen-bond acceptors (Lipinski definition) is 4. The summed E-state index contributed by atoms with van der Waals surface area (Å²) in [6.07, 6.45) is 1.56. The van der Waals surface area contributed by atoms with Gasteiger partial charge in [-0.15, -0.1) is 0 Å². The van der Waals surface area contributed by atoms with Gasteiger partial charge >= 0.3 is 0 Å². The largest absolute Gasteiger partial charge is 0.507 e. The molecule has 4 heteroatoms. The van der Waals surface area contributed by atoms with Crippen molar-refractivity contribution < 1.29 is 9.84 Å². The molecule has 2 aromatic rings. The monoisotopic (exact) mass is 266 g/mol. The van der Waals surface area contributed by atoms with E-state index < -0.39 is 0 Å². The fourth-order valence-electron chi connectivity index (χ4n) is 1.69. The number of hydrogen-bond donors (Lipinski definition) is 1. The van der Waals surface area contributed by atoms with Gasteiger partial charge < -0.3 is 9.84 Å². The summed E-state index contributed by atoms with van der Waals surface area (Å²) in [6.45, 7) is 2.43. The summed E-state index contributed by atoms with van der Waals surface area (Å²) in [5.74, 6) is 0.727. The molecule has 0 fully saturated rings. The fourth-order valence-corrected chi connectivity index (χ4v) is 1.69. The zero-order valence-electron chi connectivity index (χ0n) is 11.1. The van der Waals surface area contributed by atoms with Crippen LogP contribution in [0.1, 0.15) is 18.1 Å². The zero-order chi connectivity index (χ0) is 14.4. The molecule has 0 bridgehead atoms. The number of aromatic hydroxyl groups is 1. The Morgan fingerprint density at radius 2 is 2.15 bits per heavy atom. The van der Waals surface area contributed by atoms with Crippen LogP contribution in [0.5, 0.6) is 11.5 Å². The Kier molecular flexibility index (Phi) is 4.35. The van der Waals surface area contributed by atoms with Gasteiger partial charge in [0.05, 0.1) is 23.9 Å². The van der Waals surface area contributed by atoms with E-state index in [2.05, 4.69) is 11.1 Å². The first kappa shape index (κ1) is 13.6. The van der Waals surface area contributed by atoms with Gasteiger partial charge in [0, 0.05) is 17.8 Å². The predicted octanol–water partition coefficient (Wildman–Crippen LogP) is 3.41. The van der Waals surface area contributed by atoms with E-state index in [0.717, 1.165) is 0 Å². The van der Waals surface area contributed by atoms with Gasteiger partial charge in [-0.2, -0.15) is 5.26 Å². The van der Waals surface area contributed by atoms with Crippen molar-refractivity contribution in [2.75, 3.05) is 6.61 Å². The first-order chi connectivity index (χ1) is 9.72. The molecule has 100 valence electrons. The zero-order valence-corrected chi connectivity index (χ0v) is 11.1. The Balaban J connectivity index is 2.21. The Bertz CT molecular complexity index is 672. The molecule has 1 N–H and O–H groups in total. The number of aliphatic imine (C=N–C) groups is 1. The van der Waals surface area contributed by atoms with Crippen LogP contribution < -0.4 is 4.74 Å². The van der Waals surface area contributed by atoms with Crippen molar-refractivity contribution in [1.82, 2.24) is 0 Å². The maximum atomic E-state index is 9.87. The summed E-state index contributed by atoms with van der Waals surface area (Å²) in [4.78, 5) is 4.24. The first-order valence-electron chi connectivity index (χ1n) is 6.23. The summed E-state index contributed by atoms with van der Waals surface area (Å²) in [5.41, 5.74) is 1.81. The normalized spacial score (nSPS) is 10.4. The van der Waals surface area contributed by atoms with Crippen LogP contribution in [0, 0.1) is 11.3 Å². The SMILES string of the molecule is CCOc1ccc(C=Nc2cccc(C#N)c2)c(O)c1. The fraction of sp³-hybridized carbons (Fsp3) is 0.125. The lowest BCUT2D eigenvalue weighted by Gasteiger charge is -2.04. The lowest BCUT2D eigenvalue weighted by atomic mass is 10.2. The van der Waals surface area contributed by atoms with Crippen molar-refractivity contribution in [1.29, 1.82) is 5.26 Å². The molecule has 20 heavy (non-hydrogen) atoms. The van der Waals surface area contributed by atoms with E-state index >= 15 is 0 Å². The van der Waals surface area contributed by atoms with Crippen LogP contribution in [-0.4, -0.2) is 17.9 Å². The number of benzene rings is 2. The molecular weight excluding hydrogens is 252 g/mol. The van der Waals surface area contributed by atoms with E-state index in [1.54, 1.807) is 48.7 Å². The highest BCUT2D eigenvalue weighted by Gasteiger charge is 2.01. The lowest BCUT2D eigenvalue weighted by Crippen LogP contribution is -1.92. The van der Waals surface area contributed by atoms with Crippen LogP contribution in [0.25, 0.3) is 0 Å². The van der Waals surface area contributed by atoms with Gasteiger partial charge in [0.1, 0.15) is 11.5 Å². The highest BCUT2D eigenvalue weighted by molar-refractivity contribution is 5.85. The molecule has 0 aliphatic rings. The molecule has 2 aromatic carbocycles. The molecule has 0 heterocycles. The Morgan fingerprint density at radius 3 is 2.85 bits per heavy atom. The van der Waals surface area contributed by atoms with E-state index in [0.29, 0.717) is 29.2 Å². The summed E-state index contributed by atoms with van der Waals surface area (Å²) < 4.78 is 5.29. The van der Waals surface area contributed by atoms with E-state index in [-0.39, 0.29) is 5.75 Å². The molecule has 0 radical (unpaired) electrons. The maximum Gasteiger partial charge on any atom is 0.128 e. The molecule has 0 atom stereocenters. The minimum atomic E-state index is 0.108. The van der Waals surface area contributed by atoms with E-state index in [4.69, 9.17) is 10.00 Å². The highest BCUT2D eigenvalue weighted by Crippen LogP contribution is 2.23. The second-order valence-corrected chi connectivity index (χ2v) is 4.07. The summed E-state index contributed by atoms with van der Waals surface area (Å²) in [6, 6.07) is 14.1. The average molecular weight is 266 g/mol. The van der Waals surface area contributed by atoms with E-state index in [1.165, 1.54) is 0 Å². The molecule has 2 rings (SSSR count). The highest BCUT2D eigenvalue weighted by atomic mass is 16.5. The van der Waals surface area contributed by atoms with Crippen molar-refractivity contribution in [3.05, 3.63) is 53.6 Å². The van der Waals surface area contributed by atoms with Crippen LogP contribution in [-0.2, 0) is 0 Å². The third-order valence-electron chi connectivity index (χ3n) is 2.64. The number of phenols is 1. The molecule has 0 unspecified atom stereocenters. The second kappa shape index (κ2) is 6.39. The molecule has 0 saturated heterocycles. The van der Waals surface area contributed by atoms with Gasteiger partial charge in [-0.25, -0.2) is 0 Å². The van der Waals surface area contributed by atoms with Crippen LogP contribution in [0.2, 0.25) is 0 Å². The van der Waals surface area contributed by atoms with Crippen LogP contribution in [0.4, 0.5) is 5.69 Å². The molecule has 0 aliphatic carbocycles. The Labute approximate surface area is 117 Å². The standard InChI is InChI=1S/C16H14N2O2/c1-2-20-15-7-6-13(16(19)9-15)11-18-14-5-3-4-12(8-14)10-17/h3-9,11,19H,2H2,1H3. The van der Waals surface area contributed by atoms with Crippen molar-refractivity contribution in [3.63, 3.8) is 0 Å². The van der Waals surface area contributed by atoms with Gasteiger partial charge in [-0.1, -0.05) is 6.07 Å². The third-order valence-corrected chi connectivity index (χ3v) is 2.64.